The lowest BCUT2D eigenvalue weighted by Crippen LogP contribution is -2.12. The Morgan fingerprint density at radius 3 is 1.92 bits per heavy atom. The maximum Gasteiger partial charge on any atom is 0.407 e. The molecule has 1 aliphatic rings. The van der Waals surface area contributed by atoms with Crippen LogP contribution >= 0.6 is 11.3 Å². The van der Waals surface area contributed by atoms with Crippen molar-refractivity contribution in [2.45, 2.75) is 6.10 Å². The van der Waals surface area contributed by atoms with Crippen molar-refractivity contribution >= 4 is 17.4 Å². The summed E-state index contributed by atoms with van der Waals surface area (Å²) in [5, 5.41) is 4.58. The van der Waals surface area contributed by atoms with E-state index in [2.05, 4.69) is 17.2 Å². The number of alkyl carbamates (subject to hydrolysis) is 1. The van der Waals surface area contributed by atoms with Crippen molar-refractivity contribution in [2.75, 3.05) is 6.54 Å². The molecule has 1 aromatic heterocycles. The molecule has 1 saturated heterocycles. The van der Waals surface area contributed by atoms with Crippen molar-refractivity contribution in [3.05, 3.63) is 94.2 Å². The Balaban J connectivity index is 0.000000150. The van der Waals surface area contributed by atoms with E-state index in [1.54, 1.807) is 11.3 Å². The van der Waals surface area contributed by atoms with E-state index < -0.39 is 0 Å². The molecule has 3 nitrogen and oxygen atoms in total. The number of carbonyl (C=O) groups is 1. The average molecular weight is 347 g/mol. The predicted octanol–water partition coefficient (Wildman–Crippen LogP) is 4.62. The van der Waals surface area contributed by atoms with Gasteiger partial charge in [0.05, 0.1) is 6.54 Å². The van der Waals surface area contributed by atoms with E-state index >= 15 is 0 Å². The Morgan fingerprint density at radius 2 is 1.48 bits per heavy atom. The van der Waals surface area contributed by atoms with Crippen LogP contribution in [0.25, 0.3) is 0 Å². The lowest BCUT2D eigenvalue weighted by Gasteiger charge is -2.02. The molecule has 1 N–H and O–H groups in total. The van der Waals surface area contributed by atoms with Gasteiger partial charge in [-0.05, 0) is 35.7 Å². The van der Waals surface area contributed by atoms with E-state index in [1.165, 1.54) is 0 Å². The Bertz CT molecular complexity index is 806. The zero-order valence-electron chi connectivity index (χ0n) is 13.5. The lowest BCUT2D eigenvalue weighted by molar-refractivity contribution is 0.142. The fourth-order valence-electron chi connectivity index (χ4n) is 2.21. The van der Waals surface area contributed by atoms with Crippen LogP contribution in [0.2, 0.25) is 0 Å². The minimum atomic E-state index is -0.316. The quantitative estimate of drug-likeness (QED) is 0.653. The number of hydrogen-bond acceptors (Lipinski definition) is 3. The molecule has 1 aliphatic heterocycles. The number of benzene rings is 2. The summed E-state index contributed by atoms with van der Waals surface area (Å²) < 4.78 is 4.97. The molecule has 0 bridgehead atoms. The van der Waals surface area contributed by atoms with Crippen molar-refractivity contribution in [3.8, 4) is 11.8 Å². The summed E-state index contributed by atoms with van der Waals surface area (Å²) in [5.41, 5.74) is 2.10. The van der Waals surface area contributed by atoms with Gasteiger partial charge in [0.2, 0.25) is 0 Å². The van der Waals surface area contributed by atoms with Crippen LogP contribution in [-0.4, -0.2) is 12.6 Å². The summed E-state index contributed by atoms with van der Waals surface area (Å²) in [6, 6.07) is 23.9. The molecule has 4 rings (SSSR count). The monoisotopic (exact) mass is 347 g/mol. The van der Waals surface area contributed by atoms with E-state index in [0.29, 0.717) is 6.54 Å². The first kappa shape index (κ1) is 16.8. The fourth-order valence-corrected chi connectivity index (χ4v) is 2.96. The molecule has 0 radical (unpaired) electrons. The normalized spacial score (nSPS) is 15.0. The van der Waals surface area contributed by atoms with E-state index in [-0.39, 0.29) is 12.2 Å². The molecule has 2 heterocycles. The summed E-state index contributed by atoms with van der Waals surface area (Å²) in [7, 11) is 0. The second-order valence-electron chi connectivity index (χ2n) is 5.27. The molecular weight excluding hydrogens is 330 g/mol. The van der Waals surface area contributed by atoms with Gasteiger partial charge in [0.15, 0.2) is 6.10 Å². The number of cyclic esters (lactones) is 1. The largest absolute Gasteiger partial charge is 0.439 e. The second kappa shape index (κ2) is 8.72. The number of nitrogens with one attached hydrogen (secondary N) is 1. The summed E-state index contributed by atoms with van der Waals surface area (Å²) >= 11 is 1.60. The number of carbonyl (C=O) groups excluding carboxylic acids is 1. The highest BCUT2D eigenvalue weighted by atomic mass is 32.1. The molecule has 0 saturated carbocycles. The Labute approximate surface area is 151 Å². The molecule has 25 heavy (non-hydrogen) atoms. The molecule has 4 heteroatoms. The third-order valence-electron chi connectivity index (χ3n) is 3.44. The van der Waals surface area contributed by atoms with Gasteiger partial charge in [0.1, 0.15) is 0 Å². The summed E-state index contributed by atoms with van der Waals surface area (Å²) in [6.07, 6.45) is -0.383. The van der Waals surface area contributed by atoms with Gasteiger partial charge in [-0.25, -0.2) is 4.79 Å². The third-order valence-corrected chi connectivity index (χ3v) is 4.40. The summed E-state index contributed by atoms with van der Waals surface area (Å²) in [5.74, 6) is 6.22. The molecule has 2 aromatic carbocycles. The van der Waals surface area contributed by atoms with Crippen LogP contribution in [0, 0.1) is 11.8 Å². The first-order chi connectivity index (χ1) is 12.3. The van der Waals surface area contributed by atoms with Crippen molar-refractivity contribution in [1.29, 1.82) is 0 Å². The number of ether oxygens (including phenoxy) is 1. The number of hydrogen-bond donors (Lipinski definition) is 1. The number of amides is 1. The van der Waals surface area contributed by atoms with Gasteiger partial charge < -0.3 is 10.1 Å². The fraction of sp³-hybridized carbons (Fsp3) is 0.0952. The Morgan fingerprint density at radius 1 is 0.880 bits per heavy atom. The smallest absolute Gasteiger partial charge is 0.407 e. The van der Waals surface area contributed by atoms with Crippen molar-refractivity contribution in [1.82, 2.24) is 5.32 Å². The Hall–Kier alpha value is -3.03. The van der Waals surface area contributed by atoms with Gasteiger partial charge in [-0.15, -0.1) is 11.3 Å². The molecule has 0 unspecified atom stereocenters. The van der Waals surface area contributed by atoms with E-state index in [9.17, 15) is 4.79 Å². The molecule has 1 atom stereocenters. The van der Waals surface area contributed by atoms with E-state index in [0.717, 1.165) is 16.0 Å². The van der Waals surface area contributed by atoms with Gasteiger partial charge in [0, 0.05) is 16.0 Å². The second-order valence-corrected chi connectivity index (χ2v) is 6.25. The highest BCUT2D eigenvalue weighted by molar-refractivity contribution is 7.10. The van der Waals surface area contributed by atoms with Gasteiger partial charge in [-0.2, -0.15) is 0 Å². The molecule has 1 fully saturated rings. The maximum absolute atomic E-state index is 10.6. The van der Waals surface area contributed by atoms with Crippen LogP contribution in [0.1, 0.15) is 22.1 Å². The molecular formula is C21H17NO2S. The SMILES string of the molecule is C(#Cc1ccccc1)c1ccccc1.O=C1NC[C@H](c2cccs2)O1. The zero-order chi connectivity index (χ0) is 17.3. The number of thiophene rings is 1. The number of rotatable bonds is 1. The van der Waals surface area contributed by atoms with Crippen molar-refractivity contribution < 1.29 is 9.53 Å². The predicted molar refractivity (Wildman–Crippen MR) is 100 cm³/mol. The first-order valence-electron chi connectivity index (χ1n) is 7.91. The minimum Gasteiger partial charge on any atom is -0.439 e. The maximum atomic E-state index is 10.6. The Kier molecular flexibility index (Phi) is 5.86. The molecule has 124 valence electrons. The van der Waals surface area contributed by atoms with Crippen molar-refractivity contribution in [2.24, 2.45) is 0 Å². The van der Waals surface area contributed by atoms with E-state index in [4.69, 9.17) is 4.74 Å². The molecule has 0 spiro atoms. The third kappa shape index (κ3) is 5.23. The molecule has 0 aliphatic carbocycles. The summed E-state index contributed by atoms with van der Waals surface area (Å²) in [6.45, 7) is 0.597. The van der Waals surface area contributed by atoms with Crippen LogP contribution in [0.5, 0.6) is 0 Å². The van der Waals surface area contributed by atoms with Crippen LogP contribution < -0.4 is 5.32 Å². The van der Waals surface area contributed by atoms with E-state index in [1.807, 2.05) is 78.2 Å². The topological polar surface area (TPSA) is 38.3 Å². The van der Waals surface area contributed by atoms with Gasteiger partial charge in [-0.1, -0.05) is 54.3 Å². The summed E-state index contributed by atoms with van der Waals surface area (Å²) in [4.78, 5) is 11.7. The highest BCUT2D eigenvalue weighted by Crippen LogP contribution is 2.24. The zero-order valence-corrected chi connectivity index (χ0v) is 14.3. The minimum absolute atomic E-state index is 0.0671. The van der Waals surface area contributed by atoms with Gasteiger partial charge >= 0.3 is 6.09 Å². The van der Waals surface area contributed by atoms with Gasteiger partial charge in [0.25, 0.3) is 0 Å². The van der Waals surface area contributed by atoms with Crippen LogP contribution in [0.3, 0.4) is 0 Å². The van der Waals surface area contributed by atoms with Crippen LogP contribution in [0.4, 0.5) is 4.79 Å². The van der Waals surface area contributed by atoms with Crippen LogP contribution in [-0.2, 0) is 4.74 Å². The standard InChI is InChI=1S/C14H10.C7H7NO2S/c1-3-7-13(8-4-1)11-12-14-9-5-2-6-10-14;9-7-8-4-5(10-7)6-2-1-3-11-6/h1-10H;1-3,5H,4H2,(H,8,9)/t;5-/m.1/s1. The first-order valence-corrected chi connectivity index (χ1v) is 8.79. The molecule has 3 aromatic rings. The molecule has 1 amide bonds. The van der Waals surface area contributed by atoms with Crippen LogP contribution in [0.15, 0.2) is 78.2 Å². The van der Waals surface area contributed by atoms with Crippen molar-refractivity contribution in [3.63, 3.8) is 0 Å². The average Bonchev–Trinajstić information content (AvgIpc) is 3.34. The highest BCUT2D eigenvalue weighted by Gasteiger charge is 2.24. The lowest BCUT2D eigenvalue weighted by atomic mass is 10.2. The van der Waals surface area contributed by atoms with Gasteiger partial charge in [-0.3, -0.25) is 0 Å².